The molecule has 44 heavy (non-hydrogen) atoms. The van der Waals surface area contributed by atoms with Crippen LogP contribution in [0.2, 0.25) is 0 Å². The van der Waals surface area contributed by atoms with Gasteiger partial charge in [0.05, 0.1) is 16.5 Å². The fourth-order valence-electron chi connectivity index (χ4n) is 3.95. The van der Waals surface area contributed by atoms with E-state index < -0.39 is 52.3 Å². The lowest BCUT2D eigenvalue weighted by molar-refractivity contribution is -0.142. The van der Waals surface area contributed by atoms with Crippen molar-refractivity contribution in [2.24, 2.45) is 5.41 Å². The molecule has 0 spiro atoms. The Kier molecular flexibility index (Phi) is 8.82. The first kappa shape index (κ1) is 32.5. The normalized spacial score (nSPS) is 15.0. The molecule has 0 bridgehead atoms. The number of carbonyl (C=O) groups excluding carboxylic acids is 2. The van der Waals surface area contributed by atoms with Crippen LogP contribution in [0.25, 0.3) is 22.8 Å². The van der Waals surface area contributed by atoms with Gasteiger partial charge in [-0.25, -0.2) is 8.78 Å². The lowest BCUT2D eigenvalue weighted by Crippen LogP contribution is -2.32. The van der Waals surface area contributed by atoms with Crippen LogP contribution in [0.15, 0.2) is 45.4 Å². The van der Waals surface area contributed by atoms with E-state index in [0.717, 1.165) is 17.0 Å². The van der Waals surface area contributed by atoms with Crippen LogP contribution in [0.3, 0.4) is 0 Å². The predicted octanol–water partition coefficient (Wildman–Crippen LogP) is 6.81. The molecule has 1 aliphatic heterocycles. The van der Waals surface area contributed by atoms with Gasteiger partial charge in [-0.3, -0.25) is 14.5 Å². The highest BCUT2D eigenvalue weighted by molar-refractivity contribution is 6.16. The number of halogens is 9. The van der Waals surface area contributed by atoms with E-state index in [1.165, 1.54) is 0 Å². The maximum absolute atomic E-state index is 13.4. The van der Waals surface area contributed by atoms with Gasteiger partial charge < -0.3 is 9.05 Å². The van der Waals surface area contributed by atoms with Crippen molar-refractivity contribution in [2.45, 2.75) is 45.0 Å². The van der Waals surface area contributed by atoms with Crippen molar-refractivity contribution in [3.63, 3.8) is 0 Å². The average Bonchev–Trinajstić information content (AvgIpc) is 3.64. The van der Waals surface area contributed by atoms with Gasteiger partial charge in [0.25, 0.3) is 0 Å². The van der Waals surface area contributed by atoms with E-state index in [0.29, 0.717) is 24.3 Å². The van der Waals surface area contributed by atoms with Gasteiger partial charge in [-0.2, -0.15) is 36.3 Å². The number of rotatable bonds is 5. The predicted molar refractivity (Wildman–Crippen MR) is 133 cm³/mol. The van der Waals surface area contributed by atoms with Crippen molar-refractivity contribution in [1.82, 2.24) is 25.2 Å². The molecule has 0 atom stereocenters. The Morgan fingerprint density at radius 1 is 0.818 bits per heavy atom. The first-order valence-electron chi connectivity index (χ1n) is 12.2. The Labute approximate surface area is 246 Å². The zero-order valence-corrected chi connectivity index (χ0v) is 23.1. The summed E-state index contributed by atoms with van der Waals surface area (Å²) < 4.78 is 112. The second-order valence-electron chi connectivity index (χ2n) is 9.89. The van der Waals surface area contributed by atoms with Crippen molar-refractivity contribution in [3.05, 3.63) is 70.9 Å². The minimum atomic E-state index is -4.87. The molecule has 9 nitrogen and oxygen atoms in total. The third-order valence-corrected chi connectivity index (χ3v) is 6.35. The summed E-state index contributed by atoms with van der Waals surface area (Å²) in [5.74, 6) is -3.95. The van der Waals surface area contributed by atoms with Gasteiger partial charge in [-0.1, -0.05) is 24.2 Å². The third-order valence-electron chi connectivity index (χ3n) is 6.12. The second kappa shape index (κ2) is 11.9. The number of likely N-dealkylation sites (tertiary alicyclic amines) is 1. The Morgan fingerprint density at radius 2 is 1.27 bits per heavy atom. The summed E-state index contributed by atoms with van der Waals surface area (Å²) >= 11 is 5.42. The monoisotopic (exact) mass is 651 g/mol. The van der Waals surface area contributed by atoms with Crippen LogP contribution in [0.4, 0.5) is 35.1 Å². The SMILES string of the molecule is CC1(C)CC(=O)N(Cc2nc(-c3ccc(F)c(C(F)(F)F)c3)no2)C1=O.Fc1ccc(-c2noc(CCl)n2)cc1C(F)(F)F. The smallest absolute Gasteiger partial charge is 0.338 e. The molecule has 0 radical (unpaired) electrons. The van der Waals surface area contributed by atoms with Gasteiger partial charge in [0.15, 0.2) is 0 Å². The molecule has 0 unspecified atom stereocenters. The largest absolute Gasteiger partial charge is 0.419 e. The topological polar surface area (TPSA) is 115 Å². The zero-order chi connectivity index (χ0) is 32.6. The maximum atomic E-state index is 13.4. The molecular formula is C26H18ClF8N5O4. The summed E-state index contributed by atoms with van der Waals surface area (Å²) in [6, 6.07) is 4.76. The minimum absolute atomic E-state index is 0.00356. The molecule has 2 amide bonds. The number of hydrogen-bond donors (Lipinski definition) is 0. The van der Waals surface area contributed by atoms with E-state index in [2.05, 4.69) is 24.8 Å². The number of nitrogens with zero attached hydrogens (tertiary/aromatic N) is 5. The molecule has 1 saturated heterocycles. The molecule has 2 aromatic heterocycles. The molecule has 4 aromatic rings. The van der Waals surface area contributed by atoms with Crippen molar-refractivity contribution >= 4 is 23.4 Å². The molecule has 0 N–H and O–H groups in total. The molecule has 5 rings (SSSR count). The maximum Gasteiger partial charge on any atom is 0.419 e. The number of imide groups is 1. The quantitative estimate of drug-likeness (QED) is 0.131. The summed E-state index contributed by atoms with van der Waals surface area (Å²) in [6.45, 7) is 2.98. The van der Waals surface area contributed by atoms with Crippen molar-refractivity contribution < 1.29 is 53.8 Å². The highest BCUT2D eigenvalue weighted by Crippen LogP contribution is 2.36. The Morgan fingerprint density at radius 3 is 1.66 bits per heavy atom. The molecule has 18 heteroatoms. The van der Waals surface area contributed by atoms with E-state index in [-0.39, 0.29) is 53.4 Å². The van der Waals surface area contributed by atoms with Crippen LogP contribution in [0.5, 0.6) is 0 Å². The van der Waals surface area contributed by atoms with E-state index in [1.807, 2.05) is 0 Å². The first-order valence-corrected chi connectivity index (χ1v) is 12.7. The molecule has 234 valence electrons. The average molecular weight is 652 g/mol. The van der Waals surface area contributed by atoms with Gasteiger partial charge >= 0.3 is 12.4 Å². The van der Waals surface area contributed by atoms with Crippen LogP contribution in [-0.2, 0) is 34.4 Å². The number of aromatic nitrogens is 4. The Bertz CT molecular complexity index is 1700. The Hall–Kier alpha value is -4.41. The number of alkyl halides is 7. The van der Waals surface area contributed by atoms with Crippen molar-refractivity contribution in [2.75, 3.05) is 0 Å². The molecule has 0 aliphatic carbocycles. The second-order valence-corrected chi connectivity index (χ2v) is 10.2. The van der Waals surface area contributed by atoms with E-state index in [4.69, 9.17) is 16.1 Å². The number of benzene rings is 2. The van der Waals surface area contributed by atoms with Gasteiger partial charge in [0.1, 0.15) is 24.1 Å². The van der Waals surface area contributed by atoms with E-state index in [1.54, 1.807) is 13.8 Å². The zero-order valence-electron chi connectivity index (χ0n) is 22.4. The lowest BCUT2D eigenvalue weighted by atomic mass is 9.92. The fraction of sp³-hybridized carbons (Fsp3) is 0.308. The first-order chi connectivity index (χ1) is 20.4. The number of amides is 2. The highest BCUT2D eigenvalue weighted by Gasteiger charge is 2.45. The third kappa shape index (κ3) is 7.03. The molecule has 1 fully saturated rings. The van der Waals surface area contributed by atoms with E-state index >= 15 is 0 Å². The van der Waals surface area contributed by atoms with Gasteiger partial charge in [0.2, 0.25) is 35.2 Å². The molecule has 0 saturated carbocycles. The summed E-state index contributed by atoms with van der Waals surface area (Å²) in [5, 5.41) is 6.99. The lowest BCUT2D eigenvalue weighted by Gasteiger charge is -2.15. The minimum Gasteiger partial charge on any atom is -0.338 e. The van der Waals surface area contributed by atoms with Crippen LogP contribution in [0, 0.1) is 17.0 Å². The summed E-state index contributed by atoms with van der Waals surface area (Å²) in [5.41, 5.74) is -3.76. The van der Waals surface area contributed by atoms with Gasteiger partial charge in [-0.05, 0) is 36.4 Å². The van der Waals surface area contributed by atoms with Gasteiger partial charge in [-0.15, -0.1) is 11.6 Å². The van der Waals surface area contributed by atoms with Crippen molar-refractivity contribution in [3.8, 4) is 22.8 Å². The standard InChI is InChI=1S/C16H13F4N3O3.C10H5ClF4N2O/c1-15(2)6-12(24)23(14(15)25)7-11-21-13(22-26-11)8-3-4-10(17)9(5-8)16(18,19)20;11-4-8-16-9(17-18-8)5-1-2-7(12)6(3-5)10(13,14)15/h3-5H,6-7H2,1-2H3;1-3H,4H2. The molecular weight excluding hydrogens is 634 g/mol. The number of carbonyl (C=O) groups is 2. The summed E-state index contributed by atoms with van der Waals surface area (Å²) in [7, 11) is 0. The molecule has 3 heterocycles. The fourth-order valence-corrected chi connectivity index (χ4v) is 4.06. The highest BCUT2D eigenvalue weighted by atomic mass is 35.5. The van der Waals surface area contributed by atoms with Crippen LogP contribution >= 0.6 is 11.6 Å². The van der Waals surface area contributed by atoms with Gasteiger partial charge in [0, 0.05) is 17.5 Å². The van der Waals surface area contributed by atoms with Crippen LogP contribution in [-0.4, -0.2) is 37.0 Å². The van der Waals surface area contributed by atoms with Crippen LogP contribution < -0.4 is 0 Å². The summed E-state index contributed by atoms with van der Waals surface area (Å²) in [4.78, 5) is 32.7. The summed E-state index contributed by atoms with van der Waals surface area (Å²) in [6.07, 6.45) is -9.61. The molecule has 2 aromatic carbocycles. The Balaban J connectivity index is 0.000000215. The van der Waals surface area contributed by atoms with Crippen LogP contribution in [0.1, 0.15) is 43.2 Å². The number of hydrogen-bond acceptors (Lipinski definition) is 8. The molecule has 1 aliphatic rings. The van der Waals surface area contributed by atoms with E-state index in [9.17, 15) is 44.7 Å². The van der Waals surface area contributed by atoms with Crippen molar-refractivity contribution in [1.29, 1.82) is 0 Å².